The van der Waals surface area contributed by atoms with Gasteiger partial charge in [-0.15, -0.1) is 0 Å². The molecule has 3 aromatic rings. The quantitative estimate of drug-likeness (QED) is 0.560. The van der Waals surface area contributed by atoms with Crippen molar-refractivity contribution in [2.75, 3.05) is 0 Å². The first-order valence-electron chi connectivity index (χ1n) is 7.14. The highest BCUT2D eigenvalue weighted by atomic mass is 19.1. The number of rotatable bonds is 2. The van der Waals surface area contributed by atoms with E-state index in [0.717, 1.165) is 12.0 Å². The smallest absolute Gasteiger partial charge is 0.123 e. The Morgan fingerprint density at radius 2 is 1.19 bits per heavy atom. The molecule has 3 aromatic carbocycles. The summed E-state index contributed by atoms with van der Waals surface area (Å²) in [4.78, 5) is 0. The minimum atomic E-state index is -0.144. The first-order chi connectivity index (χ1) is 10.3. The van der Waals surface area contributed by atoms with E-state index in [1.807, 2.05) is 25.1 Å². The number of hydrogen-bond donors (Lipinski definition) is 0. The van der Waals surface area contributed by atoms with E-state index in [4.69, 9.17) is 0 Å². The second-order valence-electron chi connectivity index (χ2n) is 4.72. The summed E-state index contributed by atoms with van der Waals surface area (Å²) in [5.41, 5.74) is 3.60. The molecule has 1 heteroatoms. The van der Waals surface area contributed by atoms with Crippen molar-refractivity contribution in [1.29, 1.82) is 0 Å². The summed E-state index contributed by atoms with van der Waals surface area (Å²) in [5, 5.41) is 0. The minimum Gasteiger partial charge on any atom is -0.207 e. The van der Waals surface area contributed by atoms with E-state index >= 15 is 0 Å². The van der Waals surface area contributed by atoms with Gasteiger partial charge in [0, 0.05) is 0 Å². The molecule has 0 aliphatic heterocycles. The van der Waals surface area contributed by atoms with Gasteiger partial charge < -0.3 is 0 Å². The van der Waals surface area contributed by atoms with Crippen LogP contribution in [0.3, 0.4) is 0 Å². The van der Waals surface area contributed by atoms with Crippen LogP contribution in [-0.4, -0.2) is 0 Å². The van der Waals surface area contributed by atoms with Gasteiger partial charge in [0.05, 0.1) is 0 Å². The van der Waals surface area contributed by atoms with E-state index in [9.17, 15) is 4.39 Å². The topological polar surface area (TPSA) is 0 Å². The third-order valence-corrected chi connectivity index (χ3v) is 3.18. The Hall–Kier alpha value is -2.41. The average molecular weight is 278 g/mol. The van der Waals surface area contributed by atoms with Gasteiger partial charge in [-0.2, -0.15) is 0 Å². The predicted molar refractivity (Wildman–Crippen MR) is 87.7 cm³/mol. The Morgan fingerprint density at radius 1 is 0.667 bits per heavy atom. The number of halogens is 1. The third kappa shape index (κ3) is 4.88. The molecule has 0 N–H and O–H groups in total. The van der Waals surface area contributed by atoms with E-state index < -0.39 is 0 Å². The van der Waals surface area contributed by atoms with E-state index in [1.54, 1.807) is 12.1 Å². The van der Waals surface area contributed by atoms with Crippen LogP contribution in [0.15, 0.2) is 84.9 Å². The summed E-state index contributed by atoms with van der Waals surface area (Å²) >= 11 is 0. The van der Waals surface area contributed by atoms with Gasteiger partial charge in [-0.1, -0.05) is 79.7 Å². The Labute approximate surface area is 125 Å². The molecule has 106 valence electrons. The lowest BCUT2D eigenvalue weighted by Crippen LogP contribution is -1.79. The highest BCUT2D eigenvalue weighted by Crippen LogP contribution is 2.17. The fourth-order valence-electron chi connectivity index (χ4n) is 2.02. The molecule has 21 heavy (non-hydrogen) atoms. The van der Waals surface area contributed by atoms with Crippen molar-refractivity contribution in [3.8, 4) is 11.1 Å². The Kier molecular flexibility index (Phi) is 5.71. The SMILES string of the molecule is CCc1cccc(F)c1.c1ccc(-c2ccccc2)cc1. The van der Waals surface area contributed by atoms with E-state index in [0.29, 0.717) is 0 Å². The fourth-order valence-corrected chi connectivity index (χ4v) is 2.02. The van der Waals surface area contributed by atoms with Crippen molar-refractivity contribution < 1.29 is 4.39 Å². The third-order valence-electron chi connectivity index (χ3n) is 3.18. The van der Waals surface area contributed by atoms with Crippen molar-refractivity contribution in [3.63, 3.8) is 0 Å². The van der Waals surface area contributed by atoms with Crippen LogP contribution in [-0.2, 0) is 6.42 Å². The molecule has 0 spiro atoms. The molecule has 0 fully saturated rings. The predicted octanol–water partition coefficient (Wildman–Crippen LogP) is 5.74. The summed E-state index contributed by atoms with van der Waals surface area (Å²) in [6, 6.07) is 27.4. The molecule has 0 heterocycles. The van der Waals surface area contributed by atoms with Crippen LogP contribution in [0, 0.1) is 5.82 Å². The summed E-state index contributed by atoms with van der Waals surface area (Å²) in [6.07, 6.45) is 0.901. The number of hydrogen-bond acceptors (Lipinski definition) is 0. The normalized spacial score (nSPS) is 9.62. The van der Waals surface area contributed by atoms with Crippen molar-refractivity contribution in [2.45, 2.75) is 13.3 Å². The van der Waals surface area contributed by atoms with Gasteiger partial charge in [-0.3, -0.25) is 0 Å². The summed E-state index contributed by atoms with van der Waals surface area (Å²) in [6.45, 7) is 2.01. The maximum absolute atomic E-state index is 12.4. The lowest BCUT2D eigenvalue weighted by molar-refractivity contribution is 0.625. The highest BCUT2D eigenvalue weighted by Gasteiger charge is 1.92. The van der Waals surface area contributed by atoms with Gasteiger partial charge in [0.1, 0.15) is 5.82 Å². The molecule has 0 amide bonds. The molecule has 0 unspecified atom stereocenters. The second-order valence-corrected chi connectivity index (χ2v) is 4.72. The van der Waals surface area contributed by atoms with Gasteiger partial charge in [0.2, 0.25) is 0 Å². The van der Waals surface area contributed by atoms with Gasteiger partial charge in [-0.25, -0.2) is 4.39 Å². The van der Waals surface area contributed by atoms with Gasteiger partial charge in [0.15, 0.2) is 0 Å². The molecule has 0 aliphatic carbocycles. The van der Waals surface area contributed by atoms with Gasteiger partial charge in [0.25, 0.3) is 0 Å². The molecule has 0 aromatic heterocycles. The molecule has 0 bridgehead atoms. The summed E-state index contributed by atoms with van der Waals surface area (Å²) in [7, 11) is 0. The van der Waals surface area contributed by atoms with E-state index in [-0.39, 0.29) is 5.82 Å². The lowest BCUT2D eigenvalue weighted by atomic mass is 10.1. The Morgan fingerprint density at radius 3 is 1.57 bits per heavy atom. The standard InChI is InChI=1S/C12H10.C8H9F/c1-3-7-11(8-4-1)12-9-5-2-6-10-12;1-2-7-4-3-5-8(9)6-7/h1-10H;3-6H,2H2,1H3. The van der Waals surface area contributed by atoms with Crippen molar-refractivity contribution in [1.82, 2.24) is 0 Å². The average Bonchev–Trinajstić information content (AvgIpc) is 2.57. The molecular formula is C20H19F. The Bertz CT molecular complexity index is 607. The summed E-state index contributed by atoms with van der Waals surface area (Å²) in [5.74, 6) is -0.144. The minimum absolute atomic E-state index is 0.144. The fraction of sp³-hybridized carbons (Fsp3) is 0.100. The van der Waals surface area contributed by atoms with Gasteiger partial charge >= 0.3 is 0 Å². The molecule has 0 radical (unpaired) electrons. The zero-order valence-electron chi connectivity index (χ0n) is 12.2. The molecular weight excluding hydrogens is 259 g/mol. The van der Waals surface area contributed by atoms with Crippen LogP contribution in [0.4, 0.5) is 4.39 Å². The number of benzene rings is 3. The first kappa shape index (κ1) is 15.0. The zero-order valence-corrected chi connectivity index (χ0v) is 12.2. The molecule has 0 nitrogen and oxygen atoms in total. The molecule has 3 rings (SSSR count). The van der Waals surface area contributed by atoms with Gasteiger partial charge in [-0.05, 0) is 35.2 Å². The summed E-state index contributed by atoms with van der Waals surface area (Å²) < 4.78 is 12.4. The molecule has 0 saturated carbocycles. The van der Waals surface area contributed by atoms with Crippen molar-refractivity contribution in [2.24, 2.45) is 0 Å². The van der Waals surface area contributed by atoms with Crippen LogP contribution in [0.2, 0.25) is 0 Å². The van der Waals surface area contributed by atoms with Crippen LogP contribution >= 0.6 is 0 Å². The maximum Gasteiger partial charge on any atom is 0.123 e. The second kappa shape index (κ2) is 8.01. The largest absolute Gasteiger partial charge is 0.207 e. The van der Waals surface area contributed by atoms with Crippen molar-refractivity contribution in [3.05, 3.63) is 96.3 Å². The monoisotopic (exact) mass is 278 g/mol. The molecule has 0 atom stereocenters. The number of aryl methyl sites for hydroxylation is 1. The van der Waals surface area contributed by atoms with Crippen LogP contribution in [0.5, 0.6) is 0 Å². The maximum atomic E-state index is 12.4. The van der Waals surface area contributed by atoms with E-state index in [2.05, 4.69) is 48.5 Å². The highest BCUT2D eigenvalue weighted by molar-refractivity contribution is 5.62. The van der Waals surface area contributed by atoms with Crippen LogP contribution in [0.25, 0.3) is 11.1 Å². The zero-order chi connectivity index (χ0) is 14.9. The Balaban J connectivity index is 0.000000161. The van der Waals surface area contributed by atoms with E-state index in [1.165, 1.54) is 17.2 Å². The van der Waals surface area contributed by atoms with Crippen LogP contribution < -0.4 is 0 Å². The van der Waals surface area contributed by atoms with Crippen LogP contribution in [0.1, 0.15) is 12.5 Å². The van der Waals surface area contributed by atoms with Crippen molar-refractivity contribution >= 4 is 0 Å². The first-order valence-corrected chi connectivity index (χ1v) is 7.14. The molecule has 0 saturated heterocycles. The molecule has 0 aliphatic rings. The lowest BCUT2D eigenvalue weighted by Gasteiger charge is -1.98.